The van der Waals surface area contributed by atoms with Crippen LogP contribution in [0.5, 0.6) is 0 Å². The molecule has 1 rings (SSSR count). The highest BCUT2D eigenvalue weighted by atomic mass is 32.2. The van der Waals surface area contributed by atoms with E-state index in [0.717, 1.165) is 0 Å². The second-order valence-electron chi connectivity index (χ2n) is 4.88. The molecule has 0 saturated carbocycles. The van der Waals surface area contributed by atoms with Gasteiger partial charge < -0.3 is 0 Å². The molecule has 0 N–H and O–H groups in total. The van der Waals surface area contributed by atoms with E-state index in [2.05, 4.69) is 0 Å². The molecule has 1 nitrogen and oxygen atoms in total. The second-order valence-corrected chi connectivity index (χ2v) is 5.95. The molecule has 0 heterocycles. The summed E-state index contributed by atoms with van der Waals surface area (Å²) in [5.74, 6) is -11.6. The number of carbonyl (C=O) groups is 1. The molecule has 0 bridgehead atoms. The number of hydrogen-bond donors (Lipinski definition) is 0. The lowest BCUT2D eigenvalue weighted by molar-refractivity contribution is -0.281. The van der Waals surface area contributed by atoms with Crippen LogP contribution in [-0.4, -0.2) is 35.1 Å². The van der Waals surface area contributed by atoms with Crippen molar-refractivity contribution in [1.82, 2.24) is 0 Å². The van der Waals surface area contributed by atoms with E-state index in [-0.39, 0.29) is 5.56 Å². The minimum absolute atomic E-state index is 0.201. The number of hydrogen-bond acceptors (Lipinski definition) is 2. The standard InChI is InChI=1S/C14H12F8OS/c15-10(14(21,22)12(16,17)8-13(18,19)20)6-7-24-11(23)9-4-2-1-3-5-9/h1-5,10H,6-8H2. The molecular formula is C14H12F8OS. The van der Waals surface area contributed by atoms with Gasteiger partial charge in [-0.3, -0.25) is 4.79 Å². The highest BCUT2D eigenvalue weighted by Gasteiger charge is 2.64. The Kier molecular flexibility index (Phi) is 6.66. The van der Waals surface area contributed by atoms with Gasteiger partial charge in [-0.1, -0.05) is 42.1 Å². The maximum atomic E-state index is 13.4. The van der Waals surface area contributed by atoms with Crippen molar-refractivity contribution in [2.24, 2.45) is 0 Å². The summed E-state index contributed by atoms with van der Waals surface area (Å²) in [7, 11) is 0. The molecule has 1 unspecified atom stereocenters. The Hall–Kier alpha value is -1.32. The van der Waals surface area contributed by atoms with Crippen molar-refractivity contribution in [3.8, 4) is 0 Å². The summed E-state index contributed by atoms with van der Waals surface area (Å²) < 4.78 is 102. The molecule has 10 heteroatoms. The smallest absolute Gasteiger partial charge is 0.282 e. The van der Waals surface area contributed by atoms with Crippen LogP contribution >= 0.6 is 11.8 Å². The Balaban J connectivity index is 2.60. The number of carbonyl (C=O) groups excluding carboxylic acids is 1. The van der Waals surface area contributed by atoms with Crippen LogP contribution in [0.2, 0.25) is 0 Å². The average Bonchev–Trinajstić information content (AvgIpc) is 2.45. The first-order valence-electron chi connectivity index (χ1n) is 6.55. The van der Waals surface area contributed by atoms with E-state index in [1.54, 1.807) is 6.07 Å². The lowest BCUT2D eigenvalue weighted by atomic mass is 10.0. The van der Waals surface area contributed by atoms with Crippen molar-refractivity contribution in [3.63, 3.8) is 0 Å². The highest BCUT2D eigenvalue weighted by Crippen LogP contribution is 2.45. The molecule has 1 atom stereocenters. The van der Waals surface area contributed by atoms with Gasteiger partial charge in [-0.25, -0.2) is 4.39 Å². The van der Waals surface area contributed by atoms with E-state index in [9.17, 15) is 39.9 Å². The molecule has 0 aliphatic carbocycles. The Morgan fingerprint density at radius 2 is 1.54 bits per heavy atom. The van der Waals surface area contributed by atoms with Gasteiger partial charge >= 0.3 is 18.0 Å². The van der Waals surface area contributed by atoms with Crippen LogP contribution in [0.25, 0.3) is 0 Å². The van der Waals surface area contributed by atoms with Crippen LogP contribution in [0.4, 0.5) is 35.1 Å². The van der Waals surface area contributed by atoms with Crippen molar-refractivity contribution in [2.75, 3.05) is 5.75 Å². The van der Waals surface area contributed by atoms with Gasteiger partial charge in [0.15, 0.2) is 6.17 Å². The second kappa shape index (κ2) is 7.71. The van der Waals surface area contributed by atoms with E-state index >= 15 is 0 Å². The van der Waals surface area contributed by atoms with Crippen molar-refractivity contribution < 1.29 is 39.9 Å². The maximum Gasteiger partial charge on any atom is 0.395 e. The molecule has 1 aromatic carbocycles. The first kappa shape index (κ1) is 20.7. The minimum atomic E-state index is -5.57. The number of alkyl halides is 8. The predicted octanol–water partition coefficient (Wildman–Crippen LogP) is 5.51. The fourth-order valence-corrected chi connectivity index (χ4v) is 2.51. The van der Waals surface area contributed by atoms with E-state index < -0.39 is 47.9 Å². The van der Waals surface area contributed by atoms with Gasteiger partial charge in [0, 0.05) is 11.3 Å². The Bertz CT molecular complexity index is 543. The summed E-state index contributed by atoms with van der Waals surface area (Å²) in [5.41, 5.74) is 0.201. The van der Waals surface area contributed by atoms with E-state index in [0.29, 0.717) is 11.8 Å². The van der Waals surface area contributed by atoms with Gasteiger partial charge in [0.2, 0.25) is 5.12 Å². The third kappa shape index (κ3) is 5.64. The zero-order chi connectivity index (χ0) is 18.6. The molecule has 24 heavy (non-hydrogen) atoms. The van der Waals surface area contributed by atoms with Crippen LogP contribution in [0.1, 0.15) is 23.2 Å². The molecule has 0 aromatic heterocycles. The summed E-state index contributed by atoms with van der Waals surface area (Å²) >= 11 is 0.418. The van der Waals surface area contributed by atoms with E-state index in [4.69, 9.17) is 0 Å². The van der Waals surface area contributed by atoms with Gasteiger partial charge in [0.25, 0.3) is 0 Å². The minimum Gasteiger partial charge on any atom is -0.282 e. The molecule has 0 aliphatic heterocycles. The number of thioether (sulfide) groups is 1. The summed E-state index contributed by atoms with van der Waals surface area (Å²) in [4.78, 5) is 11.6. The van der Waals surface area contributed by atoms with Crippen LogP contribution in [0.3, 0.4) is 0 Å². The summed E-state index contributed by atoms with van der Waals surface area (Å²) in [6.45, 7) is 0. The largest absolute Gasteiger partial charge is 0.395 e. The zero-order valence-electron chi connectivity index (χ0n) is 11.9. The predicted molar refractivity (Wildman–Crippen MR) is 73.3 cm³/mol. The Labute approximate surface area is 136 Å². The summed E-state index contributed by atoms with van der Waals surface area (Å²) in [6.07, 6.45) is -13.4. The normalized spacial score (nSPS) is 14.5. The maximum absolute atomic E-state index is 13.4. The van der Waals surface area contributed by atoms with Crippen LogP contribution in [0, 0.1) is 0 Å². The molecule has 0 aliphatic rings. The first-order valence-corrected chi connectivity index (χ1v) is 7.54. The molecule has 0 saturated heterocycles. The molecule has 0 spiro atoms. The van der Waals surface area contributed by atoms with Crippen molar-refractivity contribution >= 4 is 16.9 Å². The third-order valence-corrected chi connectivity index (χ3v) is 3.86. The van der Waals surface area contributed by atoms with E-state index in [1.807, 2.05) is 0 Å². The van der Waals surface area contributed by atoms with Gasteiger partial charge in [0.05, 0.1) is 0 Å². The molecule has 0 fully saturated rings. The van der Waals surface area contributed by atoms with Crippen molar-refractivity contribution in [2.45, 2.75) is 37.0 Å². The quantitative estimate of drug-likeness (QED) is 0.580. The number of halogens is 8. The monoisotopic (exact) mass is 380 g/mol. The van der Waals surface area contributed by atoms with Crippen molar-refractivity contribution in [3.05, 3.63) is 35.9 Å². The van der Waals surface area contributed by atoms with Crippen LogP contribution in [0.15, 0.2) is 30.3 Å². The Morgan fingerprint density at radius 1 is 1.00 bits per heavy atom. The number of rotatable bonds is 7. The van der Waals surface area contributed by atoms with Gasteiger partial charge in [-0.2, -0.15) is 30.7 Å². The highest BCUT2D eigenvalue weighted by molar-refractivity contribution is 8.14. The summed E-state index contributed by atoms with van der Waals surface area (Å²) in [5, 5.41) is -0.590. The van der Waals surface area contributed by atoms with Crippen LogP contribution < -0.4 is 0 Å². The molecule has 1 aromatic rings. The average molecular weight is 380 g/mol. The zero-order valence-corrected chi connectivity index (χ0v) is 12.7. The van der Waals surface area contributed by atoms with Gasteiger partial charge in [0.1, 0.15) is 6.42 Å². The topological polar surface area (TPSA) is 17.1 Å². The van der Waals surface area contributed by atoms with Crippen molar-refractivity contribution in [1.29, 1.82) is 0 Å². The third-order valence-electron chi connectivity index (χ3n) is 2.92. The Morgan fingerprint density at radius 3 is 2.04 bits per heavy atom. The van der Waals surface area contributed by atoms with Crippen LogP contribution in [-0.2, 0) is 0 Å². The van der Waals surface area contributed by atoms with E-state index in [1.165, 1.54) is 24.3 Å². The van der Waals surface area contributed by atoms with Gasteiger partial charge in [-0.15, -0.1) is 0 Å². The molecule has 0 radical (unpaired) electrons. The molecule has 0 amide bonds. The fraction of sp³-hybridized carbons (Fsp3) is 0.500. The SMILES string of the molecule is O=C(SCCC(F)C(F)(F)C(F)(F)CC(F)(F)F)c1ccccc1. The number of benzene rings is 1. The van der Waals surface area contributed by atoms with Gasteiger partial charge in [-0.05, 0) is 6.42 Å². The molecule has 136 valence electrons. The fourth-order valence-electron chi connectivity index (χ4n) is 1.69. The molecular weight excluding hydrogens is 368 g/mol. The summed E-state index contributed by atoms with van der Waals surface area (Å²) in [6, 6.07) is 7.49. The lowest BCUT2D eigenvalue weighted by Gasteiger charge is -2.29. The first-order chi connectivity index (χ1) is 10.9. The lowest BCUT2D eigenvalue weighted by Crippen LogP contribution is -2.50.